The van der Waals surface area contributed by atoms with Gasteiger partial charge < -0.3 is 20.1 Å². The first kappa shape index (κ1) is 19.3. The molecule has 2 N–H and O–H groups in total. The molecular formula is C24H26N2O3. The first-order valence-corrected chi connectivity index (χ1v) is 9.89. The highest BCUT2D eigenvalue weighted by molar-refractivity contribution is 6.03. The number of ether oxygens (including phenoxy) is 2. The van der Waals surface area contributed by atoms with Gasteiger partial charge in [-0.3, -0.25) is 4.79 Å². The minimum absolute atomic E-state index is 0.0827. The second kappa shape index (κ2) is 8.13. The molecule has 0 aromatic heterocycles. The van der Waals surface area contributed by atoms with E-state index < -0.39 is 0 Å². The molecule has 1 aliphatic heterocycles. The number of methoxy groups -OCH3 is 2. The van der Waals surface area contributed by atoms with Gasteiger partial charge in [0.2, 0.25) is 0 Å². The Bertz CT molecular complexity index is 1050. The summed E-state index contributed by atoms with van der Waals surface area (Å²) >= 11 is 0. The van der Waals surface area contributed by atoms with Crippen LogP contribution in [-0.2, 0) is 0 Å². The zero-order chi connectivity index (χ0) is 20.4. The maximum atomic E-state index is 12.9. The van der Waals surface area contributed by atoms with Gasteiger partial charge in [0.25, 0.3) is 5.91 Å². The molecule has 1 unspecified atom stereocenters. The van der Waals surface area contributed by atoms with Gasteiger partial charge in [-0.25, -0.2) is 0 Å². The van der Waals surface area contributed by atoms with Gasteiger partial charge >= 0.3 is 0 Å². The second-order valence-electron chi connectivity index (χ2n) is 7.45. The van der Waals surface area contributed by atoms with E-state index in [1.165, 1.54) is 0 Å². The van der Waals surface area contributed by atoms with E-state index >= 15 is 0 Å². The first-order valence-electron chi connectivity index (χ1n) is 9.89. The van der Waals surface area contributed by atoms with Crippen LogP contribution in [-0.4, -0.2) is 44.7 Å². The van der Waals surface area contributed by atoms with Gasteiger partial charge in [0.05, 0.1) is 14.2 Å². The number of hydrogen-bond acceptors (Lipinski definition) is 4. The van der Waals surface area contributed by atoms with Gasteiger partial charge in [-0.2, -0.15) is 0 Å². The molecule has 1 amide bonds. The average Bonchev–Trinajstić information content (AvgIpc) is 3.26. The quantitative estimate of drug-likeness (QED) is 0.717. The standard InChI is InChI=1S/C24H26N2O3/c1-28-22-9-7-18(13-23(22)29-2)20-5-3-4-17-12-19(6-8-21(17)20)24(27)26-11-10-16(14-25)15-26/h3-9,12-13,16H,10-11,14-15,25H2,1-2H3. The summed E-state index contributed by atoms with van der Waals surface area (Å²) in [5.41, 5.74) is 8.62. The Balaban J connectivity index is 1.69. The molecule has 0 saturated carbocycles. The number of carbonyl (C=O) groups excluding carboxylic acids is 1. The van der Waals surface area contributed by atoms with Gasteiger partial charge in [-0.05, 0) is 65.0 Å². The summed E-state index contributed by atoms with van der Waals surface area (Å²) < 4.78 is 10.8. The number of nitrogens with zero attached hydrogens (tertiary/aromatic N) is 1. The number of amides is 1. The molecule has 150 valence electrons. The molecule has 4 rings (SSSR count). The molecule has 1 heterocycles. The smallest absolute Gasteiger partial charge is 0.253 e. The molecule has 0 bridgehead atoms. The van der Waals surface area contributed by atoms with Crippen LogP contribution in [0.4, 0.5) is 0 Å². The largest absolute Gasteiger partial charge is 0.493 e. The number of likely N-dealkylation sites (tertiary alicyclic amines) is 1. The fraction of sp³-hybridized carbons (Fsp3) is 0.292. The van der Waals surface area contributed by atoms with Crippen LogP contribution in [0.2, 0.25) is 0 Å². The van der Waals surface area contributed by atoms with Crippen LogP contribution in [0.5, 0.6) is 11.5 Å². The highest BCUT2D eigenvalue weighted by Crippen LogP contribution is 2.35. The average molecular weight is 390 g/mol. The van der Waals surface area contributed by atoms with Crippen molar-refractivity contribution in [3.63, 3.8) is 0 Å². The van der Waals surface area contributed by atoms with Crippen molar-refractivity contribution in [2.75, 3.05) is 33.9 Å². The third kappa shape index (κ3) is 3.66. The number of nitrogens with two attached hydrogens (primary N) is 1. The van der Waals surface area contributed by atoms with Crippen molar-refractivity contribution in [3.05, 3.63) is 60.2 Å². The summed E-state index contributed by atoms with van der Waals surface area (Å²) in [5.74, 6) is 1.89. The van der Waals surface area contributed by atoms with Crippen LogP contribution in [0.15, 0.2) is 54.6 Å². The van der Waals surface area contributed by atoms with E-state index in [0.29, 0.717) is 24.0 Å². The first-order chi connectivity index (χ1) is 14.1. The van der Waals surface area contributed by atoms with Gasteiger partial charge in [-0.1, -0.05) is 30.3 Å². The topological polar surface area (TPSA) is 64.8 Å². The Morgan fingerprint density at radius 2 is 1.90 bits per heavy atom. The van der Waals surface area contributed by atoms with Crippen LogP contribution >= 0.6 is 0 Å². The lowest BCUT2D eigenvalue weighted by molar-refractivity contribution is 0.0788. The monoisotopic (exact) mass is 390 g/mol. The number of benzene rings is 3. The van der Waals surface area contributed by atoms with Crippen LogP contribution in [0.1, 0.15) is 16.8 Å². The molecule has 29 heavy (non-hydrogen) atoms. The summed E-state index contributed by atoms with van der Waals surface area (Å²) in [6.45, 7) is 2.17. The van der Waals surface area contributed by atoms with Gasteiger partial charge in [0.15, 0.2) is 11.5 Å². The van der Waals surface area contributed by atoms with Gasteiger partial charge in [-0.15, -0.1) is 0 Å². The molecule has 3 aromatic rings. The zero-order valence-electron chi connectivity index (χ0n) is 16.9. The lowest BCUT2D eigenvalue weighted by Crippen LogP contribution is -2.29. The summed E-state index contributed by atoms with van der Waals surface area (Å²) in [7, 11) is 3.26. The van der Waals surface area contributed by atoms with Crippen molar-refractivity contribution in [2.24, 2.45) is 11.7 Å². The van der Waals surface area contributed by atoms with E-state index in [0.717, 1.165) is 47.0 Å². The Morgan fingerprint density at radius 1 is 1.07 bits per heavy atom. The van der Waals surface area contributed by atoms with Crippen molar-refractivity contribution < 1.29 is 14.3 Å². The summed E-state index contributed by atoms with van der Waals surface area (Å²) in [6, 6.07) is 18.0. The van der Waals surface area contributed by atoms with Crippen molar-refractivity contribution in [1.82, 2.24) is 4.90 Å². The SMILES string of the molecule is COc1ccc(-c2cccc3cc(C(=O)N4CCC(CN)C4)ccc23)cc1OC. The Morgan fingerprint density at radius 3 is 2.62 bits per heavy atom. The van der Waals surface area contributed by atoms with Crippen LogP contribution in [0, 0.1) is 5.92 Å². The molecule has 0 aliphatic carbocycles. The van der Waals surface area contributed by atoms with Crippen LogP contribution in [0.25, 0.3) is 21.9 Å². The molecule has 1 atom stereocenters. The predicted molar refractivity (Wildman–Crippen MR) is 116 cm³/mol. The van der Waals surface area contributed by atoms with E-state index in [9.17, 15) is 4.79 Å². The van der Waals surface area contributed by atoms with Crippen molar-refractivity contribution >= 4 is 16.7 Å². The number of hydrogen-bond donors (Lipinski definition) is 1. The molecule has 0 spiro atoms. The Hall–Kier alpha value is -3.05. The van der Waals surface area contributed by atoms with Crippen molar-refractivity contribution in [1.29, 1.82) is 0 Å². The van der Waals surface area contributed by atoms with Gasteiger partial charge in [0.1, 0.15) is 0 Å². The van der Waals surface area contributed by atoms with Gasteiger partial charge in [0, 0.05) is 18.7 Å². The Kier molecular flexibility index (Phi) is 5.41. The van der Waals surface area contributed by atoms with Crippen molar-refractivity contribution in [3.8, 4) is 22.6 Å². The molecular weight excluding hydrogens is 364 g/mol. The maximum absolute atomic E-state index is 12.9. The zero-order valence-corrected chi connectivity index (χ0v) is 16.9. The van der Waals surface area contributed by atoms with Crippen LogP contribution < -0.4 is 15.2 Å². The van der Waals surface area contributed by atoms with E-state index in [1.54, 1.807) is 14.2 Å². The number of fused-ring (bicyclic) bond motifs is 1. The third-order valence-corrected chi connectivity index (χ3v) is 5.73. The number of rotatable bonds is 5. The molecule has 1 aliphatic rings. The lowest BCUT2D eigenvalue weighted by atomic mass is 9.96. The summed E-state index contributed by atoms with van der Waals surface area (Å²) in [4.78, 5) is 14.8. The minimum Gasteiger partial charge on any atom is -0.493 e. The maximum Gasteiger partial charge on any atom is 0.253 e. The highest BCUT2D eigenvalue weighted by Gasteiger charge is 2.26. The molecule has 0 radical (unpaired) electrons. The third-order valence-electron chi connectivity index (χ3n) is 5.73. The summed E-state index contributed by atoms with van der Waals surface area (Å²) in [5, 5.41) is 2.13. The fourth-order valence-corrected chi connectivity index (χ4v) is 4.06. The van der Waals surface area contributed by atoms with E-state index in [1.807, 2.05) is 53.4 Å². The lowest BCUT2D eigenvalue weighted by Gasteiger charge is -2.17. The number of carbonyl (C=O) groups is 1. The van der Waals surface area contributed by atoms with E-state index in [2.05, 4.69) is 6.07 Å². The normalized spacial score (nSPS) is 16.2. The fourth-order valence-electron chi connectivity index (χ4n) is 4.06. The van der Waals surface area contributed by atoms with Crippen LogP contribution in [0.3, 0.4) is 0 Å². The molecule has 5 nitrogen and oxygen atoms in total. The Labute approximate surface area is 171 Å². The molecule has 5 heteroatoms. The molecule has 3 aromatic carbocycles. The highest BCUT2D eigenvalue weighted by atomic mass is 16.5. The molecule has 1 saturated heterocycles. The summed E-state index contributed by atoms with van der Waals surface area (Å²) in [6.07, 6.45) is 0.985. The minimum atomic E-state index is 0.0827. The van der Waals surface area contributed by atoms with Crippen molar-refractivity contribution in [2.45, 2.75) is 6.42 Å². The van der Waals surface area contributed by atoms with E-state index in [-0.39, 0.29) is 5.91 Å². The van der Waals surface area contributed by atoms with E-state index in [4.69, 9.17) is 15.2 Å². The molecule has 1 fully saturated rings. The second-order valence-corrected chi connectivity index (χ2v) is 7.45. The predicted octanol–water partition coefficient (Wildman–Crippen LogP) is 3.94.